The van der Waals surface area contributed by atoms with Crippen molar-refractivity contribution in [2.75, 3.05) is 13.2 Å². The molecule has 2 rings (SSSR count). The lowest BCUT2D eigenvalue weighted by Gasteiger charge is -2.21. The second kappa shape index (κ2) is 8.73. The molecule has 0 spiro atoms. The second-order valence-electron chi connectivity index (χ2n) is 6.31. The highest BCUT2D eigenvalue weighted by Gasteiger charge is 2.33. The number of benzene rings is 1. The third kappa shape index (κ3) is 6.06. The number of allylic oxidation sites excluding steroid dienone is 1. The van der Waals surface area contributed by atoms with Crippen LogP contribution < -0.4 is 10.1 Å². The molecule has 1 aliphatic rings. The summed E-state index contributed by atoms with van der Waals surface area (Å²) in [5.41, 5.74) is 1.09. The molecule has 1 aromatic carbocycles. The minimum Gasteiger partial charge on any atom is -0.489 e. The van der Waals surface area contributed by atoms with Crippen molar-refractivity contribution in [1.29, 1.82) is 0 Å². The van der Waals surface area contributed by atoms with Gasteiger partial charge < -0.3 is 14.8 Å². The molecule has 1 N–H and O–H groups in total. The smallest absolute Gasteiger partial charge is 0.309 e. The predicted octanol–water partition coefficient (Wildman–Crippen LogP) is 3.11. The van der Waals surface area contributed by atoms with Crippen molar-refractivity contribution < 1.29 is 14.3 Å². The zero-order valence-electron chi connectivity index (χ0n) is 14.1. The molecule has 1 atom stereocenters. The van der Waals surface area contributed by atoms with Crippen LogP contribution in [0.5, 0.6) is 5.75 Å². The van der Waals surface area contributed by atoms with Crippen LogP contribution in [0.2, 0.25) is 0 Å². The molecule has 1 aliphatic carbocycles. The predicted molar refractivity (Wildman–Crippen MR) is 91.6 cm³/mol. The molecule has 126 valence electrons. The Morgan fingerprint density at radius 3 is 2.78 bits per heavy atom. The molecule has 0 radical (unpaired) electrons. The minimum atomic E-state index is -0.276. The number of esters is 1. The van der Waals surface area contributed by atoms with E-state index in [-0.39, 0.29) is 18.0 Å². The second-order valence-corrected chi connectivity index (χ2v) is 6.31. The summed E-state index contributed by atoms with van der Waals surface area (Å²) in [6, 6.07) is 8.23. The third-order valence-electron chi connectivity index (χ3n) is 3.71. The van der Waals surface area contributed by atoms with E-state index in [0.717, 1.165) is 30.6 Å². The van der Waals surface area contributed by atoms with Crippen molar-refractivity contribution in [3.05, 3.63) is 42.5 Å². The van der Waals surface area contributed by atoms with Gasteiger partial charge in [-0.3, -0.25) is 4.79 Å². The number of ether oxygens (including phenoxy) is 2. The first-order chi connectivity index (χ1) is 11.1. The van der Waals surface area contributed by atoms with E-state index in [1.807, 2.05) is 30.3 Å². The molecule has 4 heteroatoms. The van der Waals surface area contributed by atoms with E-state index in [4.69, 9.17) is 9.47 Å². The number of hydrogen-bond donors (Lipinski definition) is 1. The average Bonchev–Trinajstić information content (AvgIpc) is 3.36. The molecule has 0 amide bonds. The highest BCUT2D eigenvalue weighted by atomic mass is 16.6. The summed E-state index contributed by atoms with van der Waals surface area (Å²) in [5.74, 6) is 0.831. The van der Waals surface area contributed by atoms with Gasteiger partial charge in [-0.2, -0.15) is 0 Å². The van der Waals surface area contributed by atoms with Crippen LogP contribution in [-0.4, -0.2) is 31.3 Å². The van der Waals surface area contributed by atoms with Crippen molar-refractivity contribution in [1.82, 2.24) is 5.32 Å². The van der Waals surface area contributed by atoms with Gasteiger partial charge in [0.25, 0.3) is 0 Å². The quantitative estimate of drug-likeness (QED) is 0.532. The highest BCUT2D eigenvalue weighted by Crippen LogP contribution is 2.30. The normalized spacial score (nSPS) is 15.3. The first-order valence-electron chi connectivity index (χ1n) is 8.35. The van der Waals surface area contributed by atoms with Gasteiger partial charge in [0.05, 0.1) is 5.92 Å². The van der Waals surface area contributed by atoms with Crippen LogP contribution in [0.1, 0.15) is 32.3 Å². The Morgan fingerprint density at radius 1 is 1.39 bits per heavy atom. The van der Waals surface area contributed by atoms with Gasteiger partial charge in [0.15, 0.2) is 0 Å². The highest BCUT2D eigenvalue weighted by molar-refractivity contribution is 5.75. The number of carbonyl (C=O) groups excluding carboxylic acids is 1. The van der Waals surface area contributed by atoms with Gasteiger partial charge in [0.1, 0.15) is 18.5 Å². The fourth-order valence-corrected chi connectivity index (χ4v) is 2.23. The maximum atomic E-state index is 11.9. The first kappa shape index (κ1) is 17.5. The minimum absolute atomic E-state index is 0.0940. The largest absolute Gasteiger partial charge is 0.489 e. The van der Waals surface area contributed by atoms with Crippen LogP contribution in [0.3, 0.4) is 0 Å². The molecule has 1 fully saturated rings. The maximum Gasteiger partial charge on any atom is 0.309 e. The van der Waals surface area contributed by atoms with E-state index < -0.39 is 0 Å². The molecule has 0 heterocycles. The van der Waals surface area contributed by atoms with E-state index in [9.17, 15) is 4.79 Å². The standard InChI is InChI=1S/C19H27NO3/c1-4-7-15-8-5-6-9-18(15)22-13-17(12-20-14(2)3)23-19(21)16-10-11-16/h4-6,8-9,14,16-17,20H,1,7,10-13H2,2-3H3. The molecule has 1 aromatic rings. The molecule has 1 unspecified atom stereocenters. The van der Waals surface area contributed by atoms with E-state index >= 15 is 0 Å². The Kier molecular flexibility index (Phi) is 6.66. The fourth-order valence-electron chi connectivity index (χ4n) is 2.23. The van der Waals surface area contributed by atoms with E-state index in [1.165, 1.54) is 0 Å². The Morgan fingerprint density at radius 2 is 2.13 bits per heavy atom. The average molecular weight is 317 g/mol. The molecule has 0 bridgehead atoms. The molecule has 0 saturated heterocycles. The summed E-state index contributed by atoms with van der Waals surface area (Å²) in [6.45, 7) is 8.86. The van der Waals surface area contributed by atoms with Gasteiger partial charge in [0.2, 0.25) is 0 Å². The monoisotopic (exact) mass is 317 g/mol. The van der Waals surface area contributed by atoms with E-state index in [0.29, 0.717) is 19.2 Å². The van der Waals surface area contributed by atoms with Crippen molar-refractivity contribution in [2.24, 2.45) is 5.92 Å². The Balaban J connectivity index is 1.93. The summed E-state index contributed by atoms with van der Waals surface area (Å²) in [6.07, 6.45) is 4.24. The van der Waals surface area contributed by atoms with Gasteiger partial charge >= 0.3 is 5.97 Å². The Labute approximate surface area is 138 Å². The molecular weight excluding hydrogens is 290 g/mol. The van der Waals surface area contributed by atoms with E-state index in [1.54, 1.807) is 0 Å². The van der Waals surface area contributed by atoms with Crippen molar-refractivity contribution in [2.45, 2.75) is 45.3 Å². The number of nitrogens with one attached hydrogen (secondary N) is 1. The summed E-state index contributed by atoms with van der Waals surface area (Å²) in [4.78, 5) is 11.9. The lowest BCUT2D eigenvalue weighted by Crippen LogP contribution is -2.38. The summed E-state index contributed by atoms with van der Waals surface area (Å²) >= 11 is 0. The van der Waals surface area contributed by atoms with Crippen LogP contribution in [0.25, 0.3) is 0 Å². The van der Waals surface area contributed by atoms with Crippen LogP contribution in [0.4, 0.5) is 0 Å². The summed E-state index contributed by atoms with van der Waals surface area (Å²) in [7, 11) is 0. The topological polar surface area (TPSA) is 47.6 Å². The molecule has 0 aromatic heterocycles. The maximum absolute atomic E-state index is 11.9. The lowest BCUT2D eigenvalue weighted by atomic mass is 10.1. The van der Waals surface area contributed by atoms with Crippen LogP contribution >= 0.6 is 0 Å². The summed E-state index contributed by atoms with van der Waals surface area (Å²) < 4.78 is 11.5. The first-order valence-corrected chi connectivity index (χ1v) is 8.35. The Bertz CT molecular complexity index is 523. The zero-order chi connectivity index (χ0) is 16.7. The van der Waals surface area contributed by atoms with Gasteiger partial charge in [0, 0.05) is 12.6 Å². The lowest BCUT2D eigenvalue weighted by molar-refractivity contribution is -0.152. The SMILES string of the molecule is C=CCc1ccccc1OCC(CNC(C)C)OC(=O)C1CC1. The zero-order valence-corrected chi connectivity index (χ0v) is 14.1. The molecule has 4 nitrogen and oxygen atoms in total. The van der Waals surface area contributed by atoms with Crippen molar-refractivity contribution in [3.63, 3.8) is 0 Å². The number of para-hydroxylation sites is 1. The van der Waals surface area contributed by atoms with Gasteiger partial charge in [-0.25, -0.2) is 0 Å². The third-order valence-corrected chi connectivity index (χ3v) is 3.71. The number of hydrogen-bond acceptors (Lipinski definition) is 4. The fraction of sp³-hybridized carbons (Fsp3) is 0.526. The number of rotatable bonds is 10. The number of carbonyl (C=O) groups is 1. The van der Waals surface area contributed by atoms with Gasteiger partial charge in [-0.05, 0) is 30.9 Å². The van der Waals surface area contributed by atoms with Crippen LogP contribution in [0.15, 0.2) is 36.9 Å². The molecule has 23 heavy (non-hydrogen) atoms. The van der Waals surface area contributed by atoms with Gasteiger partial charge in [-0.1, -0.05) is 38.1 Å². The van der Waals surface area contributed by atoms with Crippen LogP contribution in [0, 0.1) is 5.92 Å². The van der Waals surface area contributed by atoms with Gasteiger partial charge in [-0.15, -0.1) is 6.58 Å². The molecule has 1 saturated carbocycles. The van der Waals surface area contributed by atoms with Crippen molar-refractivity contribution >= 4 is 5.97 Å². The van der Waals surface area contributed by atoms with E-state index in [2.05, 4.69) is 25.7 Å². The van der Waals surface area contributed by atoms with Crippen LogP contribution in [-0.2, 0) is 16.0 Å². The molecular formula is C19H27NO3. The Hall–Kier alpha value is -1.81. The summed E-state index contributed by atoms with van der Waals surface area (Å²) in [5, 5.41) is 3.31. The van der Waals surface area contributed by atoms with Crippen molar-refractivity contribution in [3.8, 4) is 5.75 Å². The molecule has 0 aliphatic heterocycles.